The molecule has 0 fully saturated rings. The number of carbonyl (C=O) groups is 2. The van der Waals surface area contributed by atoms with Crippen molar-refractivity contribution < 1.29 is 19.8 Å². The first-order chi connectivity index (χ1) is 13.5. The topological polar surface area (TPSA) is 106 Å². The van der Waals surface area contributed by atoms with Crippen LogP contribution in [0.5, 0.6) is 0 Å². The summed E-state index contributed by atoms with van der Waals surface area (Å²) in [5.41, 5.74) is 5.91. The number of allylic oxidation sites excluding steroid dienone is 4. The normalized spacial score (nSPS) is 28.4. The van der Waals surface area contributed by atoms with Crippen LogP contribution in [0.1, 0.15) is 92.6 Å². The second kappa shape index (κ2) is 5.28. The number of rotatable bonds is 3. The molecule has 8 rings (SSSR count). The van der Waals surface area contributed by atoms with Crippen molar-refractivity contribution in [1.82, 2.24) is 9.97 Å². The maximum Gasteiger partial charge on any atom is 0.352 e. The number of hydrogen-bond acceptors (Lipinski definition) is 2. The van der Waals surface area contributed by atoms with Crippen molar-refractivity contribution in [2.24, 2.45) is 0 Å². The van der Waals surface area contributed by atoms with E-state index in [4.69, 9.17) is 0 Å². The van der Waals surface area contributed by atoms with Gasteiger partial charge in [0.2, 0.25) is 0 Å². The molecular formula is C22H20N2O4. The lowest BCUT2D eigenvalue weighted by atomic mass is 9.69. The minimum Gasteiger partial charge on any atom is -0.477 e. The van der Waals surface area contributed by atoms with Gasteiger partial charge >= 0.3 is 11.9 Å². The summed E-state index contributed by atoms with van der Waals surface area (Å²) >= 11 is 0. The van der Waals surface area contributed by atoms with Crippen LogP contribution in [0.25, 0.3) is 11.4 Å². The molecule has 0 aliphatic heterocycles. The Kier molecular flexibility index (Phi) is 3.01. The van der Waals surface area contributed by atoms with Crippen LogP contribution in [0, 0.1) is 0 Å². The Morgan fingerprint density at radius 2 is 0.964 bits per heavy atom. The number of nitrogens with one attached hydrogen (secondary N) is 2. The number of carboxylic acid groups (broad SMARTS) is 2. The van der Waals surface area contributed by atoms with Crippen molar-refractivity contribution in [3.63, 3.8) is 0 Å². The van der Waals surface area contributed by atoms with Crippen LogP contribution in [0.15, 0.2) is 24.3 Å². The average Bonchev–Trinajstić information content (AvgIpc) is 3.32. The van der Waals surface area contributed by atoms with Crippen molar-refractivity contribution in [3.8, 4) is 11.4 Å². The number of hydrogen-bond donors (Lipinski definition) is 4. The Morgan fingerprint density at radius 1 is 0.643 bits per heavy atom. The van der Waals surface area contributed by atoms with Crippen molar-refractivity contribution in [1.29, 1.82) is 0 Å². The molecule has 4 bridgehead atoms. The smallest absolute Gasteiger partial charge is 0.352 e. The van der Waals surface area contributed by atoms with E-state index in [-0.39, 0.29) is 35.1 Å². The zero-order valence-corrected chi connectivity index (χ0v) is 15.2. The molecule has 0 spiro atoms. The molecule has 6 aliphatic carbocycles. The van der Waals surface area contributed by atoms with Gasteiger partial charge in [0.15, 0.2) is 0 Å². The van der Waals surface area contributed by atoms with Gasteiger partial charge in [-0.15, -0.1) is 0 Å². The first kappa shape index (κ1) is 16.0. The summed E-state index contributed by atoms with van der Waals surface area (Å²) in [4.78, 5) is 30.3. The predicted molar refractivity (Wildman–Crippen MR) is 102 cm³/mol. The molecule has 0 saturated carbocycles. The summed E-state index contributed by atoms with van der Waals surface area (Å²) in [7, 11) is 0. The van der Waals surface area contributed by atoms with E-state index in [1.54, 1.807) is 0 Å². The second-order valence-corrected chi connectivity index (χ2v) is 8.37. The highest BCUT2D eigenvalue weighted by Gasteiger charge is 2.41. The van der Waals surface area contributed by atoms with E-state index in [9.17, 15) is 19.8 Å². The van der Waals surface area contributed by atoms with Crippen LogP contribution in [0.2, 0.25) is 0 Å². The Labute approximate surface area is 161 Å². The molecule has 2 aromatic heterocycles. The standard InChI is InChI=1S/C22H20N2O4/c25-21(26)19-15-11-5-1-9(2-6-11)13(15)17(23-19)18-14-10-3-7-12(8-4-10)16(14)20(24-18)22(27)28/h1,3,5,7,9-12,23-24H,2,4,6,8H2,(H,25,26)(H,27,28). The summed E-state index contributed by atoms with van der Waals surface area (Å²) in [5.74, 6) is -1.30. The molecule has 0 saturated heterocycles. The van der Waals surface area contributed by atoms with E-state index < -0.39 is 11.9 Å². The fourth-order valence-electron chi connectivity index (χ4n) is 5.93. The summed E-state index contributed by atoms with van der Waals surface area (Å²) in [5, 5.41) is 19.6. The lowest BCUT2D eigenvalue weighted by molar-refractivity contribution is 0.0678. The van der Waals surface area contributed by atoms with Gasteiger partial charge in [-0.1, -0.05) is 24.3 Å². The SMILES string of the molecule is O=C(O)c1[nH]c(-c2[nH]c(C(=O)O)c3c2C2C=CC3CC2)c2c1C1C=CC2CC1. The number of aromatic carboxylic acids is 2. The van der Waals surface area contributed by atoms with Gasteiger partial charge in [0, 0.05) is 23.7 Å². The first-order valence-corrected chi connectivity index (χ1v) is 9.89. The Morgan fingerprint density at radius 3 is 1.25 bits per heavy atom. The fraction of sp³-hybridized carbons (Fsp3) is 0.364. The predicted octanol–water partition coefficient (Wildman–Crippen LogP) is 4.47. The van der Waals surface area contributed by atoms with Crippen LogP contribution in [-0.4, -0.2) is 32.1 Å². The minimum absolute atomic E-state index is 0.122. The van der Waals surface area contributed by atoms with Gasteiger partial charge in [-0.3, -0.25) is 0 Å². The van der Waals surface area contributed by atoms with Gasteiger partial charge in [0.05, 0.1) is 11.4 Å². The summed E-state index contributed by atoms with van der Waals surface area (Å²) in [6.45, 7) is 0. The molecule has 142 valence electrons. The largest absolute Gasteiger partial charge is 0.477 e. The van der Waals surface area contributed by atoms with Crippen LogP contribution >= 0.6 is 0 Å². The van der Waals surface area contributed by atoms with Gasteiger partial charge in [-0.2, -0.15) is 0 Å². The van der Waals surface area contributed by atoms with Crippen molar-refractivity contribution in [2.75, 3.05) is 0 Å². The van der Waals surface area contributed by atoms with E-state index in [1.807, 2.05) is 0 Å². The highest BCUT2D eigenvalue weighted by molar-refractivity contribution is 5.94. The van der Waals surface area contributed by atoms with Gasteiger partial charge < -0.3 is 20.2 Å². The van der Waals surface area contributed by atoms with Crippen molar-refractivity contribution >= 4 is 11.9 Å². The van der Waals surface area contributed by atoms with Crippen LogP contribution in [-0.2, 0) is 0 Å². The summed E-state index contributed by atoms with van der Waals surface area (Å²) < 4.78 is 0. The third-order valence-electron chi connectivity index (χ3n) is 7.05. The van der Waals surface area contributed by atoms with Gasteiger partial charge in [-0.25, -0.2) is 9.59 Å². The molecule has 6 nitrogen and oxygen atoms in total. The Bertz CT molecular complexity index is 1030. The fourth-order valence-corrected chi connectivity index (χ4v) is 5.93. The maximum atomic E-state index is 12.0. The van der Waals surface area contributed by atoms with Crippen molar-refractivity contribution in [2.45, 2.75) is 49.4 Å². The number of carboxylic acids is 2. The monoisotopic (exact) mass is 376 g/mol. The van der Waals surface area contributed by atoms with Crippen LogP contribution < -0.4 is 0 Å². The van der Waals surface area contributed by atoms with Crippen molar-refractivity contribution in [3.05, 3.63) is 57.9 Å². The highest BCUT2D eigenvalue weighted by Crippen LogP contribution is 2.54. The maximum absolute atomic E-state index is 12.0. The third kappa shape index (κ3) is 1.87. The molecule has 2 aromatic rings. The first-order valence-electron chi connectivity index (χ1n) is 9.89. The van der Waals surface area contributed by atoms with Gasteiger partial charge in [0.25, 0.3) is 0 Å². The average molecular weight is 376 g/mol. The molecule has 4 atom stereocenters. The lowest BCUT2D eigenvalue weighted by Crippen LogP contribution is -2.19. The number of aromatic amines is 2. The molecule has 2 heterocycles. The zero-order chi connectivity index (χ0) is 19.2. The van der Waals surface area contributed by atoms with E-state index in [1.165, 1.54) is 0 Å². The van der Waals surface area contributed by atoms with E-state index in [2.05, 4.69) is 34.3 Å². The number of H-pyrrole nitrogens is 2. The molecular weight excluding hydrogens is 356 g/mol. The Hall–Kier alpha value is -3.02. The summed E-state index contributed by atoms with van der Waals surface area (Å²) in [6, 6.07) is 0. The second-order valence-electron chi connectivity index (χ2n) is 8.37. The van der Waals surface area contributed by atoms with Gasteiger partial charge in [0.1, 0.15) is 11.4 Å². The molecule has 0 aromatic carbocycles. The minimum atomic E-state index is -0.955. The number of aromatic nitrogens is 2. The molecule has 6 aliphatic rings. The Balaban J connectivity index is 1.65. The molecule has 0 radical (unpaired) electrons. The molecule has 28 heavy (non-hydrogen) atoms. The molecule has 0 amide bonds. The third-order valence-corrected chi connectivity index (χ3v) is 7.05. The van der Waals surface area contributed by atoms with Crippen LogP contribution in [0.3, 0.4) is 0 Å². The van der Waals surface area contributed by atoms with E-state index in [0.29, 0.717) is 0 Å². The van der Waals surface area contributed by atoms with Gasteiger partial charge in [-0.05, 0) is 47.9 Å². The molecule has 6 heteroatoms. The van der Waals surface area contributed by atoms with E-state index >= 15 is 0 Å². The molecule has 4 unspecified atom stereocenters. The zero-order valence-electron chi connectivity index (χ0n) is 15.2. The molecule has 4 N–H and O–H groups in total. The lowest BCUT2D eigenvalue weighted by Gasteiger charge is -2.33. The van der Waals surface area contributed by atoms with E-state index in [0.717, 1.165) is 59.3 Å². The number of fused-ring (bicyclic) bond motifs is 2. The highest BCUT2D eigenvalue weighted by atomic mass is 16.4. The van der Waals surface area contributed by atoms with Crippen LogP contribution in [0.4, 0.5) is 0 Å². The quantitative estimate of drug-likeness (QED) is 0.593. The summed E-state index contributed by atoms with van der Waals surface area (Å²) in [6.07, 6.45) is 12.5.